The van der Waals surface area contributed by atoms with Crippen LogP contribution in [0.1, 0.15) is 41.9 Å². The second kappa shape index (κ2) is 15.2. The van der Waals surface area contributed by atoms with Crippen molar-refractivity contribution in [1.29, 1.82) is 0 Å². The van der Waals surface area contributed by atoms with E-state index in [1.165, 1.54) is 18.4 Å². The topological polar surface area (TPSA) is 41.6 Å². The first-order valence-corrected chi connectivity index (χ1v) is 13.5. The lowest BCUT2D eigenvalue weighted by Gasteiger charge is -2.33. The van der Waals surface area contributed by atoms with E-state index >= 15 is 0 Å². The van der Waals surface area contributed by atoms with Gasteiger partial charge in [0.15, 0.2) is 0 Å². The number of benzene rings is 3. The quantitative estimate of drug-likeness (QED) is 0.275. The van der Waals surface area contributed by atoms with Gasteiger partial charge in [-0.15, -0.1) is 12.4 Å². The van der Waals surface area contributed by atoms with Crippen LogP contribution >= 0.6 is 35.6 Å². The van der Waals surface area contributed by atoms with Gasteiger partial charge in [0.1, 0.15) is 6.61 Å². The molecule has 0 saturated carbocycles. The van der Waals surface area contributed by atoms with Crippen molar-refractivity contribution < 1.29 is 9.53 Å². The maximum Gasteiger partial charge on any atom is 0.407 e. The molecule has 3 aromatic carbocycles. The fraction of sp³-hybridized carbons (Fsp3) is 0.367. The third-order valence-corrected chi connectivity index (χ3v) is 7.73. The number of amides is 1. The normalized spacial score (nSPS) is 15.0. The van der Waals surface area contributed by atoms with E-state index in [0.29, 0.717) is 16.6 Å². The smallest absolute Gasteiger partial charge is 0.407 e. The molecule has 4 nitrogen and oxygen atoms in total. The van der Waals surface area contributed by atoms with Gasteiger partial charge in [-0.1, -0.05) is 89.9 Å². The summed E-state index contributed by atoms with van der Waals surface area (Å²) in [6.45, 7) is 3.93. The fourth-order valence-electron chi connectivity index (χ4n) is 4.83. The molecule has 37 heavy (non-hydrogen) atoms. The molecule has 0 aliphatic carbocycles. The molecule has 0 aromatic heterocycles. The second-order valence-corrected chi connectivity index (χ2v) is 10.4. The molecule has 4 rings (SSSR count). The van der Waals surface area contributed by atoms with Crippen molar-refractivity contribution in [2.45, 2.75) is 38.2 Å². The van der Waals surface area contributed by atoms with Crippen molar-refractivity contribution in [3.05, 3.63) is 106 Å². The Kier molecular flexibility index (Phi) is 12.1. The van der Waals surface area contributed by atoms with Crippen molar-refractivity contribution in [3.8, 4) is 0 Å². The van der Waals surface area contributed by atoms with Gasteiger partial charge in [-0.05, 0) is 80.1 Å². The summed E-state index contributed by atoms with van der Waals surface area (Å²) in [4.78, 5) is 14.9. The van der Waals surface area contributed by atoms with Crippen molar-refractivity contribution in [2.24, 2.45) is 5.92 Å². The largest absolute Gasteiger partial charge is 0.445 e. The molecule has 1 N–H and O–H groups in total. The van der Waals surface area contributed by atoms with Crippen LogP contribution in [0.5, 0.6) is 0 Å². The number of rotatable bonds is 10. The Labute approximate surface area is 236 Å². The minimum atomic E-state index is -0.411. The molecule has 3 aromatic rings. The summed E-state index contributed by atoms with van der Waals surface area (Å²) >= 11 is 12.5. The van der Waals surface area contributed by atoms with Gasteiger partial charge in [0.05, 0.1) is 10.0 Å². The lowest BCUT2D eigenvalue weighted by Crippen LogP contribution is -2.36. The van der Waals surface area contributed by atoms with Gasteiger partial charge in [-0.3, -0.25) is 0 Å². The Morgan fingerprint density at radius 3 is 2.22 bits per heavy atom. The number of carbonyl (C=O) groups is 1. The number of nitrogens with one attached hydrogen (secondary N) is 1. The van der Waals surface area contributed by atoms with Crippen LogP contribution in [0.4, 0.5) is 4.79 Å². The molecule has 1 aliphatic heterocycles. The molecule has 0 bridgehead atoms. The molecule has 0 radical (unpaired) electrons. The summed E-state index contributed by atoms with van der Waals surface area (Å²) in [7, 11) is 0. The highest BCUT2D eigenvalue weighted by molar-refractivity contribution is 6.42. The molecule has 1 saturated heterocycles. The zero-order chi connectivity index (χ0) is 25.2. The first-order chi connectivity index (χ1) is 17.6. The molecule has 7 heteroatoms. The molecule has 1 fully saturated rings. The molecular weight excluding hydrogens is 527 g/mol. The molecule has 1 amide bonds. The van der Waals surface area contributed by atoms with E-state index in [9.17, 15) is 4.79 Å². The van der Waals surface area contributed by atoms with Crippen molar-refractivity contribution in [1.82, 2.24) is 10.2 Å². The van der Waals surface area contributed by atoms with E-state index in [0.717, 1.165) is 49.5 Å². The van der Waals surface area contributed by atoms with Gasteiger partial charge in [0.2, 0.25) is 0 Å². The van der Waals surface area contributed by atoms with Crippen LogP contribution in [-0.4, -0.2) is 37.2 Å². The molecule has 198 valence electrons. The zero-order valence-corrected chi connectivity index (χ0v) is 23.3. The summed E-state index contributed by atoms with van der Waals surface area (Å²) in [6.07, 6.45) is 4.11. The molecule has 1 aliphatic rings. The van der Waals surface area contributed by atoms with Crippen molar-refractivity contribution in [3.63, 3.8) is 0 Å². The van der Waals surface area contributed by atoms with Gasteiger partial charge in [-0.25, -0.2) is 4.79 Å². The van der Waals surface area contributed by atoms with E-state index in [1.807, 2.05) is 48.5 Å². The summed E-state index contributed by atoms with van der Waals surface area (Å²) in [5.74, 6) is 0.863. The Bertz CT molecular complexity index is 1090. The van der Waals surface area contributed by atoms with Crippen molar-refractivity contribution in [2.75, 3.05) is 26.2 Å². The number of halogens is 3. The van der Waals surface area contributed by atoms with Gasteiger partial charge >= 0.3 is 6.09 Å². The van der Waals surface area contributed by atoms with Gasteiger partial charge in [0.25, 0.3) is 0 Å². The fourth-order valence-corrected chi connectivity index (χ4v) is 5.14. The van der Waals surface area contributed by atoms with E-state index in [1.54, 1.807) is 0 Å². The van der Waals surface area contributed by atoms with Crippen molar-refractivity contribution >= 4 is 41.7 Å². The maximum absolute atomic E-state index is 12.4. The third-order valence-electron chi connectivity index (χ3n) is 6.99. The highest BCUT2D eigenvalue weighted by Crippen LogP contribution is 2.29. The van der Waals surface area contributed by atoms with Gasteiger partial charge < -0.3 is 15.0 Å². The van der Waals surface area contributed by atoms with Crippen LogP contribution in [0.3, 0.4) is 0 Å². The number of piperidine rings is 1. The Morgan fingerprint density at radius 2 is 1.57 bits per heavy atom. The SMILES string of the molecule is Cl.O=C(NCC(CCN1CCC(Cc2ccccc2)CC1)c1ccc(Cl)c(Cl)c1)OCc1ccccc1. The Balaban J connectivity index is 0.00000380. The Hall–Kier alpha value is -2.24. The summed E-state index contributed by atoms with van der Waals surface area (Å²) < 4.78 is 5.40. The average Bonchev–Trinajstić information content (AvgIpc) is 2.91. The first kappa shape index (κ1) is 29.3. The summed E-state index contributed by atoms with van der Waals surface area (Å²) in [6, 6.07) is 26.2. The Morgan fingerprint density at radius 1 is 0.919 bits per heavy atom. The lowest BCUT2D eigenvalue weighted by molar-refractivity contribution is 0.138. The molecule has 1 atom stereocenters. The monoisotopic (exact) mass is 560 g/mol. The van der Waals surface area contributed by atoms with E-state index in [-0.39, 0.29) is 24.9 Å². The minimum absolute atomic E-state index is 0. The summed E-state index contributed by atoms with van der Waals surface area (Å²) in [5.41, 5.74) is 3.47. The van der Waals surface area contributed by atoms with E-state index in [4.69, 9.17) is 27.9 Å². The van der Waals surface area contributed by atoms with Crippen LogP contribution in [-0.2, 0) is 17.8 Å². The number of hydrogen-bond acceptors (Lipinski definition) is 3. The number of alkyl carbamates (subject to hydrolysis) is 1. The number of hydrogen-bond donors (Lipinski definition) is 1. The minimum Gasteiger partial charge on any atom is -0.445 e. The van der Waals surface area contributed by atoms with Crippen LogP contribution in [0.2, 0.25) is 10.0 Å². The number of ether oxygens (including phenoxy) is 1. The number of likely N-dealkylation sites (tertiary alicyclic amines) is 1. The lowest BCUT2D eigenvalue weighted by atomic mass is 9.89. The predicted octanol–water partition coefficient (Wildman–Crippen LogP) is 7.77. The predicted molar refractivity (Wildman–Crippen MR) is 155 cm³/mol. The summed E-state index contributed by atoms with van der Waals surface area (Å²) in [5, 5.41) is 4.02. The number of nitrogens with zero attached hydrogens (tertiary/aromatic N) is 1. The standard InChI is InChI=1S/C30H34Cl2N2O2.ClH/c31-28-12-11-26(20-29(28)32)27(21-33-30(35)36-22-25-9-5-2-6-10-25)15-18-34-16-13-24(14-17-34)19-23-7-3-1-4-8-23;/h1-12,20,24,27H,13-19,21-22H2,(H,33,35);1H. The van der Waals surface area contributed by atoms with Gasteiger partial charge in [0, 0.05) is 12.5 Å². The highest BCUT2D eigenvalue weighted by atomic mass is 35.5. The van der Waals surface area contributed by atoms with E-state index < -0.39 is 6.09 Å². The number of carbonyl (C=O) groups excluding carboxylic acids is 1. The molecule has 1 heterocycles. The third kappa shape index (κ3) is 9.54. The maximum atomic E-state index is 12.4. The average molecular weight is 562 g/mol. The van der Waals surface area contributed by atoms with Gasteiger partial charge in [-0.2, -0.15) is 0 Å². The van der Waals surface area contributed by atoms with Crippen LogP contribution in [0.25, 0.3) is 0 Å². The molecular formula is C30H35Cl3N2O2. The van der Waals surface area contributed by atoms with Crippen LogP contribution < -0.4 is 5.32 Å². The highest BCUT2D eigenvalue weighted by Gasteiger charge is 2.22. The molecule has 0 spiro atoms. The van der Waals surface area contributed by atoms with Crippen LogP contribution in [0.15, 0.2) is 78.9 Å². The second-order valence-electron chi connectivity index (χ2n) is 9.58. The molecule has 1 unspecified atom stereocenters. The van der Waals surface area contributed by atoms with Crippen LogP contribution in [0, 0.1) is 5.92 Å². The zero-order valence-electron chi connectivity index (χ0n) is 21.0. The van der Waals surface area contributed by atoms with E-state index in [2.05, 4.69) is 40.5 Å². The first-order valence-electron chi connectivity index (χ1n) is 12.7.